The monoisotopic (exact) mass is 352 g/mol. The van der Waals surface area contributed by atoms with E-state index in [1.165, 1.54) is 22.8 Å². The number of nitrogens with one attached hydrogen (secondary N) is 1. The Morgan fingerprint density at radius 2 is 1.91 bits per heavy atom. The van der Waals surface area contributed by atoms with E-state index in [9.17, 15) is 13.2 Å². The first-order valence-electron chi connectivity index (χ1n) is 7.20. The Morgan fingerprint density at radius 1 is 1.26 bits per heavy atom. The van der Waals surface area contributed by atoms with Gasteiger partial charge in [0.2, 0.25) is 10.0 Å². The predicted octanol–water partition coefficient (Wildman–Crippen LogP) is 2.71. The summed E-state index contributed by atoms with van der Waals surface area (Å²) in [6.07, 6.45) is 0. The van der Waals surface area contributed by atoms with Crippen molar-refractivity contribution in [2.24, 2.45) is 0 Å². The molecule has 1 aromatic carbocycles. The SMILES string of the molecule is CC(C)NC(=O)c1cc(S(=O)(=O)N(C)Cc2ccccc2)cs1. The number of hydrogen-bond acceptors (Lipinski definition) is 4. The third-order valence-electron chi connectivity index (χ3n) is 3.18. The van der Waals surface area contributed by atoms with E-state index in [4.69, 9.17) is 0 Å². The second-order valence-electron chi connectivity index (χ2n) is 5.52. The van der Waals surface area contributed by atoms with Crippen LogP contribution in [0.3, 0.4) is 0 Å². The first kappa shape index (κ1) is 17.7. The highest BCUT2D eigenvalue weighted by Gasteiger charge is 2.23. The number of thiophene rings is 1. The zero-order chi connectivity index (χ0) is 17.0. The average molecular weight is 352 g/mol. The van der Waals surface area contributed by atoms with Crippen molar-refractivity contribution in [3.63, 3.8) is 0 Å². The molecule has 2 aromatic rings. The first-order valence-corrected chi connectivity index (χ1v) is 9.52. The quantitative estimate of drug-likeness (QED) is 0.869. The Balaban J connectivity index is 2.16. The van der Waals surface area contributed by atoms with Crippen molar-refractivity contribution in [2.75, 3.05) is 7.05 Å². The van der Waals surface area contributed by atoms with Crippen LogP contribution in [0, 0.1) is 0 Å². The van der Waals surface area contributed by atoms with Crippen LogP contribution in [0.25, 0.3) is 0 Å². The van der Waals surface area contributed by atoms with E-state index in [0.29, 0.717) is 4.88 Å². The second kappa shape index (κ2) is 7.25. The molecule has 0 saturated heterocycles. The van der Waals surface area contributed by atoms with Gasteiger partial charge in [-0.15, -0.1) is 11.3 Å². The molecule has 0 unspecified atom stereocenters. The Labute approximate surface area is 141 Å². The summed E-state index contributed by atoms with van der Waals surface area (Å²) in [6.45, 7) is 4.00. The van der Waals surface area contributed by atoms with Crippen molar-refractivity contribution in [3.8, 4) is 0 Å². The molecule has 124 valence electrons. The van der Waals surface area contributed by atoms with Gasteiger partial charge in [-0.1, -0.05) is 30.3 Å². The highest BCUT2D eigenvalue weighted by molar-refractivity contribution is 7.89. The smallest absolute Gasteiger partial charge is 0.261 e. The maximum atomic E-state index is 12.6. The van der Waals surface area contributed by atoms with Gasteiger partial charge >= 0.3 is 0 Å². The van der Waals surface area contributed by atoms with Gasteiger partial charge < -0.3 is 5.32 Å². The molecule has 0 aliphatic heterocycles. The number of amides is 1. The van der Waals surface area contributed by atoms with Gasteiger partial charge in [-0.25, -0.2) is 8.42 Å². The third kappa shape index (κ3) is 4.40. The fourth-order valence-electron chi connectivity index (χ4n) is 2.01. The Morgan fingerprint density at radius 3 is 2.52 bits per heavy atom. The second-order valence-corrected chi connectivity index (χ2v) is 8.48. The van der Waals surface area contributed by atoms with Gasteiger partial charge in [0.05, 0.1) is 9.77 Å². The molecule has 5 nitrogen and oxygen atoms in total. The van der Waals surface area contributed by atoms with E-state index < -0.39 is 10.0 Å². The lowest BCUT2D eigenvalue weighted by molar-refractivity contribution is 0.0947. The summed E-state index contributed by atoms with van der Waals surface area (Å²) in [6, 6.07) is 10.8. The number of sulfonamides is 1. The Bertz CT molecular complexity index is 768. The molecule has 1 amide bonds. The number of nitrogens with zero attached hydrogens (tertiary/aromatic N) is 1. The fourth-order valence-corrected chi connectivity index (χ4v) is 4.34. The van der Waals surface area contributed by atoms with Crippen molar-refractivity contribution in [2.45, 2.75) is 31.3 Å². The molecular weight excluding hydrogens is 332 g/mol. The zero-order valence-electron chi connectivity index (χ0n) is 13.3. The van der Waals surface area contributed by atoms with Crippen LogP contribution in [0.4, 0.5) is 0 Å². The van der Waals surface area contributed by atoms with Gasteiger partial charge in [0.25, 0.3) is 5.91 Å². The third-order valence-corrected chi connectivity index (χ3v) is 6.03. The van der Waals surface area contributed by atoms with Crippen LogP contribution in [-0.2, 0) is 16.6 Å². The maximum absolute atomic E-state index is 12.6. The van der Waals surface area contributed by atoms with Crippen LogP contribution in [0.1, 0.15) is 29.1 Å². The molecule has 0 aliphatic carbocycles. The summed E-state index contributed by atoms with van der Waals surface area (Å²) >= 11 is 1.13. The molecule has 1 N–H and O–H groups in total. The minimum Gasteiger partial charge on any atom is -0.349 e. The molecule has 0 saturated carbocycles. The van der Waals surface area contributed by atoms with Crippen LogP contribution >= 0.6 is 11.3 Å². The molecule has 0 aliphatic rings. The summed E-state index contributed by atoms with van der Waals surface area (Å²) < 4.78 is 26.5. The van der Waals surface area contributed by atoms with Crippen molar-refractivity contribution < 1.29 is 13.2 Å². The van der Waals surface area contributed by atoms with Gasteiger partial charge in [0, 0.05) is 25.0 Å². The van der Waals surface area contributed by atoms with Gasteiger partial charge in [0.1, 0.15) is 0 Å². The zero-order valence-corrected chi connectivity index (χ0v) is 14.9. The average Bonchev–Trinajstić information content (AvgIpc) is 2.98. The minimum absolute atomic E-state index is 0.00501. The summed E-state index contributed by atoms with van der Waals surface area (Å²) in [5.74, 6) is -0.253. The number of carbonyl (C=O) groups excluding carboxylic acids is 1. The lowest BCUT2D eigenvalue weighted by atomic mass is 10.2. The normalized spacial score (nSPS) is 11.9. The van der Waals surface area contributed by atoms with Crippen molar-refractivity contribution in [1.82, 2.24) is 9.62 Å². The minimum atomic E-state index is -3.61. The van der Waals surface area contributed by atoms with Crippen molar-refractivity contribution in [1.29, 1.82) is 0 Å². The van der Waals surface area contributed by atoms with Crippen LogP contribution < -0.4 is 5.32 Å². The van der Waals surface area contributed by atoms with Gasteiger partial charge in [-0.2, -0.15) is 4.31 Å². The largest absolute Gasteiger partial charge is 0.349 e. The molecule has 1 heterocycles. The van der Waals surface area contributed by atoms with Crippen LogP contribution in [0.5, 0.6) is 0 Å². The molecule has 0 bridgehead atoms. The molecule has 23 heavy (non-hydrogen) atoms. The first-order chi connectivity index (χ1) is 10.8. The predicted molar refractivity (Wildman–Crippen MR) is 92.0 cm³/mol. The number of rotatable bonds is 6. The van der Waals surface area contributed by atoms with E-state index in [2.05, 4.69) is 5.32 Å². The fraction of sp³-hybridized carbons (Fsp3) is 0.312. The van der Waals surface area contributed by atoms with E-state index in [1.54, 1.807) is 0 Å². The number of carbonyl (C=O) groups is 1. The molecule has 2 rings (SSSR count). The van der Waals surface area contributed by atoms with E-state index >= 15 is 0 Å². The Kier molecular flexibility index (Phi) is 5.56. The summed E-state index contributed by atoms with van der Waals surface area (Å²) in [5, 5.41) is 4.26. The van der Waals surface area contributed by atoms with Gasteiger partial charge in [-0.05, 0) is 25.5 Å². The standard InChI is InChI=1S/C16H20N2O3S2/c1-12(2)17-16(19)15-9-14(11-22-15)23(20,21)18(3)10-13-7-5-4-6-8-13/h4-9,11-12H,10H2,1-3H3,(H,17,19). The summed E-state index contributed by atoms with van der Waals surface area (Å²) in [7, 11) is -2.08. The number of benzene rings is 1. The molecule has 0 radical (unpaired) electrons. The molecule has 0 atom stereocenters. The van der Waals surface area contributed by atoms with Crippen LogP contribution in [0.2, 0.25) is 0 Å². The molecule has 7 heteroatoms. The Hall–Kier alpha value is -1.70. The lowest BCUT2D eigenvalue weighted by Gasteiger charge is -2.16. The van der Waals surface area contributed by atoms with Crippen molar-refractivity contribution >= 4 is 27.3 Å². The highest BCUT2D eigenvalue weighted by atomic mass is 32.2. The summed E-state index contributed by atoms with van der Waals surface area (Å²) in [4.78, 5) is 12.5. The molecule has 1 aromatic heterocycles. The molecular formula is C16H20N2O3S2. The van der Waals surface area contributed by atoms with E-state index in [1.807, 2.05) is 44.2 Å². The summed E-state index contributed by atoms with van der Waals surface area (Å²) in [5.41, 5.74) is 0.909. The van der Waals surface area contributed by atoms with Crippen LogP contribution in [-0.4, -0.2) is 31.7 Å². The molecule has 0 fully saturated rings. The van der Waals surface area contributed by atoms with Crippen LogP contribution in [0.15, 0.2) is 46.7 Å². The van der Waals surface area contributed by atoms with E-state index in [-0.39, 0.29) is 23.4 Å². The van der Waals surface area contributed by atoms with Gasteiger partial charge in [-0.3, -0.25) is 4.79 Å². The topological polar surface area (TPSA) is 66.5 Å². The highest BCUT2D eigenvalue weighted by Crippen LogP contribution is 2.23. The maximum Gasteiger partial charge on any atom is 0.261 e. The van der Waals surface area contributed by atoms with Gasteiger partial charge in [0.15, 0.2) is 0 Å². The van der Waals surface area contributed by atoms with E-state index in [0.717, 1.165) is 16.9 Å². The lowest BCUT2D eigenvalue weighted by Crippen LogP contribution is -2.29. The van der Waals surface area contributed by atoms with Crippen molar-refractivity contribution in [3.05, 3.63) is 52.2 Å². The molecule has 0 spiro atoms. The number of hydrogen-bond donors (Lipinski definition) is 1.